The Morgan fingerprint density at radius 1 is 1.22 bits per heavy atom. The molecule has 1 aromatic carbocycles. The first kappa shape index (κ1) is 19.0. The van der Waals surface area contributed by atoms with E-state index in [2.05, 4.69) is 13.8 Å². The summed E-state index contributed by atoms with van der Waals surface area (Å²) in [5.74, 6) is 0.0112. The first-order valence-corrected chi connectivity index (χ1v) is 7.93. The lowest BCUT2D eigenvalue weighted by atomic mass is 9.83. The van der Waals surface area contributed by atoms with Crippen LogP contribution in [-0.2, 0) is 15.0 Å². The zero-order valence-corrected chi connectivity index (χ0v) is 14.6. The van der Waals surface area contributed by atoms with Gasteiger partial charge in [0, 0.05) is 6.54 Å². The monoisotopic (exact) mass is 321 g/mol. The van der Waals surface area contributed by atoms with Crippen LogP contribution in [0.2, 0.25) is 0 Å². The first-order chi connectivity index (χ1) is 10.7. The second-order valence-corrected chi connectivity index (χ2v) is 6.57. The number of ether oxygens (including phenoxy) is 1. The number of hydrogen-bond acceptors (Lipinski definition) is 3. The minimum absolute atomic E-state index is 0.196. The molecule has 0 heterocycles. The van der Waals surface area contributed by atoms with Crippen LogP contribution in [0.15, 0.2) is 24.3 Å². The smallest absolute Gasteiger partial charge is 0.323 e. The van der Waals surface area contributed by atoms with Crippen molar-refractivity contribution >= 4 is 11.9 Å². The summed E-state index contributed by atoms with van der Waals surface area (Å²) in [5, 5.41) is 8.93. The second-order valence-electron chi connectivity index (χ2n) is 6.57. The minimum atomic E-state index is -1.01. The van der Waals surface area contributed by atoms with Gasteiger partial charge in [0.05, 0.1) is 12.0 Å². The van der Waals surface area contributed by atoms with Crippen LogP contribution in [0, 0.1) is 5.92 Å². The van der Waals surface area contributed by atoms with Crippen LogP contribution in [0.5, 0.6) is 5.75 Å². The third-order valence-corrected chi connectivity index (χ3v) is 3.69. The third kappa shape index (κ3) is 5.27. The molecular weight excluding hydrogens is 294 g/mol. The highest BCUT2D eigenvalue weighted by molar-refractivity contribution is 5.89. The van der Waals surface area contributed by atoms with E-state index in [4.69, 9.17) is 9.84 Å². The third-order valence-electron chi connectivity index (χ3n) is 3.69. The molecule has 1 rings (SSSR count). The molecule has 5 nitrogen and oxygen atoms in total. The number of likely N-dealkylation sites (N-methyl/N-ethyl adjacent to an activating group) is 1. The number of benzene rings is 1. The summed E-state index contributed by atoms with van der Waals surface area (Å²) >= 11 is 0. The highest BCUT2D eigenvalue weighted by atomic mass is 16.5. The molecule has 0 aromatic heterocycles. The molecule has 0 spiro atoms. The zero-order chi connectivity index (χ0) is 17.6. The van der Waals surface area contributed by atoms with Gasteiger partial charge in [0.25, 0.3) is 0 Å². The van der Waals surface area contributed by atoms with Gasteiger partial charge in [0.1, 0.15) is 12.3 Å². The van der Waals surface area contributed by atoms with E-state index >= 15 is 0 Å². The maximum atomic E-state index is 12.7. The van der Waals surface area contributed by atoms with Crippen molar-refractivity contribution in [3.63, 3.8) is 0 Å². The molecule has 0 saturated heterocycles. The fourth-order valence-corrected chi connectivity index (χ4v) is 2.24. The molecule has 0 radical (unpaired) electrons. The summed E-state index contributed by atoms with van der Waals surface area (Å²) in [5.41, 5.74) is 0.0467. The Balaban J connectivity index is 2.89. The van der Waals surface area contributed by atoms with Gasteiger partial charge in [0.15, 0.2) is 0 Å². The number of carbonyl (C=O) groups is 2. The summed E-state index contributed by atoms with van der Waals surface area (Å²) in [6.45, 7) is 10.3. The number of carboxylic acid groups (broad SMARTS) is 1. The van der Waals surface area contributed by atoms with Crippen LogP contribution >= 0.6 is 0 Å². The van der Waals surface area contributed by atoms with Gasteiger partial charge in [-0.1, -0.05) is 26.0 Å². The van der Waals surface area contributed by atoms with Crippen LogP contribution < -0.4 is 4.74 Å². The van der Waals surface area contributed by atoms with Gasteiger partial charge >= 0.3 is 5.97 Å². The number of carboxylic acids is 1. The van der Waals surface area contributed by atoms with Crippen molar-refractivity contribution in [1.29, 1.82) is 0 Å². The molecule has 0 saturated carbocycles. The first-order valence-electron chi connectivity index (χ1n) is 7.93. The van der Waals surface area contributed by atoms with Crippen LogP contribution in [0.1, 0.15) is 40.2 Å². The van der Waals surface area contributed by atoms with E-state index in [0.717, 1.165) is 11.3 Å². The van der Waals surface area contributed by atoms with Crippen molar-refractivity contribution in [1.82, 2.24) is 4.90 Å². The van der Waals surface area contributed by atoms with Crippen LogP contribution in [-0.4, -0.2) is 41.6 Å². The van der Waals surface area contributed by atoms with Crippen molar-refractivity contribution in [3.8, 4) is 5.75 Å². The highest BCUT2D eigenvalue weighted by Gasteiger charge is 2.34. The zero-order valence-electron chi connectivity index (χ0n) is 14.6. The highest BCUT2D eigenvalue weighted by Crippen LogP contribution is 2.27. The molecule has 128 valence electrons. The Morgan fingerprint density at radius 3 is 2.22 bits per heavy atom. The summed E-state index contributed by atoms with van der Waals surface area (Å²) in [6.07, 6.45) is 0. The fraction of sp³-hybridized carbons (Fsp3) is 0.556. The average Bonchev–Trinajstić information content (AvgIpc) is 2.50. The lowest BCUT2D eigenvalue weighted by molar-refractivity contribution is -0.146. The topological polar surface area (TPSA) is 66.8 Å². The number of amides is 1. The maximum absolute atomic E-state index is 12.7. The second kappa shape index (κ2) is 7.99. The molecule has 0 aliphatic carbocycles. The number of hydrogen-bond donors (Lipinski definition) is 1. The van der Waals surface area contributed by atoms with Crippen molar-refractivity contribution in [3.05, 3.63) is 29.8 Å². The molecule has 0 fully saturated rings. The van der Waals surface area contributed by atoms with Crippen LogP contribution in [0.3, 0.4) is 0 Å². The minimum Gasteiger partial charge on any atom is -0.493 e. The normalized spacial score (nSPS) is 11.4. The van der Waals surface area contributed by atoms with E-state index in [9.17, 15) is 9.59 Å². The number of nitrogens with zero attached hydrogens (tertiary/aromatic N) is 1. The van der Waals surface area contributed by atoms with E-state index in [1.807, 2.05) is 38.1 Å². The van der Waals surface area contributed by atoms with Gasteiger partial charge in [-0.05, 0) is 44.4 Å². The molecule has 1 amide bonds. The summed E-state index contributed by atoms with van der Waals surface area (Å²) in [4.78, 5) is 24.9. The standard InChI is InChI=1S/C18H27NO4/c1-6-19(11-16(20)21)17(22)18(4,5)14-7-9-15(10-8-14)23-12-13(2)3/h7-10,13H,6,11-12H2,1-5H3,(H,20,21). The number of rotatable bonds is 8. The van der Waals surface area contributed by atoms with Gasteiger partial charge in [-0.3, -0.25) is 9.59 Å². The Kier molecular flexibility index (Phi) is 6.61. The van der Waals surface area contributed by atoms with Crippen LogP contribution in [0.25, 0.3) is 0 Å². The quantitative estimate of drug-likeness (QED) is 0.799. The summed E-state index contributed by atoms with van der Waals surface area (Å²) < 4.78 is 5.64. The van der Waals surface area contributed by atoms with Gasteiger partial charge in [0.2, 0.25) is 5.91 Å². The lowest BCUT2D eigenvalue weighted by Gasteiger charge is -2.30. The molecule has 1 aromatic rings. The summed E-state index contributed by atoms with van der Waals surface area (Å²) in [7, 11) is 0. The van der Waals surface area contributed by atoms with Gasteiger partial charge in [-0.15, -0.1) is 0 Å². The van der Waals surface area contributed by atoms with Crippen LogP contribution in [0.4, 0.5) is 0 Å². The lowest BCUT2D eigenvalue weighted by Crippen LogP contribution is -2.45. The average molecular weight is 321 g/mol. The Hall–Kier alpha value is -2.04. The molecule has 5 heteroatoms. The van der Waals surface area contributed by atoms with E-state index < -0.39 is 11.4 Å². The predicted octanol–water partition coefficient (Wildman–Crippen LogP) is 2.93. The molecule has 1 N–H and O–H groups in total. The van der Waals surface area contributed by atoms with Crippen molar-refractivity contribution in [2.24, 2.45) is 5.92 Å². The fourth-order valence-electron chi connectivity index (χ4n) is 2.24. The van der Waals surface area contributed by atoms with Gasteiger partial charge in [-0.2, -0.15) is 0 Å². The van der Waals surface area contributed by atoms with Crippen molar-refractivity contribution in [2.75, 3.05) is 19.7 Å². The largest absolute Gasteiger partial charge is 0.493 e. The van der Waals surface area contributed by atoms with Crippen molar-refractivity contribution < 1.29 is 19.4 Å². The Morgan fingerprint density at radius 2 is 1.78 bits per heavy atom. The molecule has 0 aliphatic rings. The van der Waals surface area contributed by atoms with E-state index in [1.165, 1.54) is 4.90 Å². The maximum Gasteiger partial charge on any atom is 0.323 e. The van der Waals surface area contributed by atoms with E-state index in [-0.39, 0.29) is 12.5 Å². The van der Waals surface area contributed by atoms with Gasteiger partial charge < -0.3 is 14.7 Å². The number of aliphatic carboxylic acids is 1. The number of carbonyl (C=O) groups excluding carboxylic acids is 1. The summed E-state index contributed by atoms with van der Waals surface area (Å²) in [6, 6.07) is 7.42. The Bertz CT molecular complexity index is 534. The predicted molar refractivity (Wildman–Crippen MR) is 89.7 cm³/mol. The molecule has 0 unspecified atom stereocenters. The molecule has 0 bridgehead atoms. The molecule has 23 heavy (non-hydrogen) atoms. The van der Waals surface area contributed by atoms with Crippen molar-refractivity contribution in [2.45, 2.75) is 40.0 Å². The molecular formula is C18H27NO4. The molecule has 0 aliphatic heterocycles. The van der Waals surface area contributed by atoms with E-state index in [0.29, 0.717) is 19.1 Å². The SMILES string of the molecule is CCN(CC(=O)O)C(=O)C(C)(C)c1ccc(OCC(C)C)cc1. The molecule has 0 atom stereocenters. The van der Waals surface area contributed by atoms with E-state index in [1.54, 1.807) is 6.92 Å². The van der Waals surface area contributed by atoms with Gasteiger partial charge in [-0.25, -0.2) is 0 Å². The Labute approximate surface area is 138 Å².